The predicted molar refractivity (Wildman–Crippen MR) is 122 cm³/mol. The van der Waals surface area contributed by atoms with Crippen molar-refractivity contribution in [1.82, 2.24) is 15.0 Å². The maximum atomic E-state index is 12.7. The molecule has 8 heteroatoms. The average Bonchev–Trinajstić information content (AvgIpc) is 3.12. The largest absolute Gasteiger partial charge is 0.497 e. The molecule has 29 heavy (non-hydrogen) atoms. The number of aromatic nitrogens is 3. The van der Waals surface area contributed by atoms with E-state index < -0.39 is 0 Å². The number of rotatable bonds is 4. The quantitative estimate of drug-likeness (QED) is 0.375. The Morgan fingerprint density at radius 3 is 2.45 bits per heavy atom. The molecule has 3 aromatic carbocycles. The van der Waals surface area contributed by atoms with Crippen LogP contribution in [0.5, 0.6) is 5.75 Å². The van der Waals surface area contributed by atoms with Crippen LogP contribution < -0.4 is 10.1 Å². The van der Waals surface area contributed by atoms with Gasteiger partial charge < -0.3 is 10.1 Å². The maximum absolute atomic E-state index is 12.7. The lowest BCUT2D eigenvalue weighted by molar-refractivity contribution is 0.102. The summed E-state index contributed by atoms with van der Waals surface area (Å²) in [5, 5.41) is 12.4. The minimum Gasteiger partial charge on any atom is -0.497 e. The molecule has 0 atom stereocenters. The van der Waals surface area contributed by atoms with Crippen LogP contribution >= 0.6 is 34.2 Å². The third-order valence-electron chi connectivity index (χ3n) is 4.45. The van der Waals surface area contributed by atoms with Crippen molar-refractivity contribution >= 4 is 56.8 Å². The van der Waals surface area contributed by atoms with Gasteiger partial charge in [0.25, 0.3) is 5.91 Å². The highest BCUT2D eigenvalue weighted by molar-refractivity contribution is 14.1. The van der Waals surface area contributed by atoms with Gasteiger partial charge in [-0.15, -0.1) is 10.2 Å². The number of anilines is 1. The van der Waals surface area contributed by atoms with Crippen molar-refractivity contribution in [3.8, 4) is 11.4 Å². The van der Waals surface area contributed by atoms with E-state index in [1.165, 1.54) is 0 Å². The molecule has 0 aliphatic heterocycles. The van der Waals surface area contributed by atoms with Crippen molar-refractivity contribution in [3.05, 3.63) is 74.3 Å². The first-order valence-electron chi connectivity index (χ1n) is 8.73. The molecule has 4 aromatic rings. The molecule has 1 heterocycles. The molecular formula is C21H16ClIN4O2. The van der Waals surface area contributed by atoms with Crippen LogP contribution in [0.4, 0.5) is 5.69 Å². The Hall–Kier alpha value is -2.65. The third kappa shape index (κ3) is 4.06. The number of amides is 1. The Morgan fingerprint density at radius 2 is 1.76 bits per heavy atom. The zero-order chi connectivity index (χ0) is 20.5. The zero-order valence-electron chi connectivity index (χ0n) is 15.6. The fourth-order valence-corrected chi connectivity index (χ4v) is 3.59. The van der Waals surface area contributed by atoms with E-state index in [0.717, 1.165) is 26.1 Å². The smallest absolute Gasteiger partial charge is 0.257 e. The number of carbonyl (C=O) groups excluding carboxylic acids is 1. The van der Waals surface area contributed by atoms with Crippen LogP contribution in [0.3, 0.4) is 0 Å². The summed E-state index contributed by atoms with van der Waals surface area (Å²) in [6.45, 7) is 1.91. The number of aryl methyl sites for hydroxylation is 1. The molecule has 1 amide bonds. The Kier molecular flexibility index (Phi) is 5.42. The Bertz CT molecular complexity index is 1220. The molecule has 1 aromatic heterocycles. The summed E-state index contributed by atoms with van der Waals surface area (Å²) >= 11 is 8.34. The fraction of sp³-hybridized carbons (Fsp3) is 0.0952. The molecule has 4 rings (SSSR count). The van der Waals surface area contributed by atoms with Gasteiger partial charge in [0.15, 0.2) is 0 Å². The number of methoxy groups -OCH3 is 1. The Balaban J connectivity index is 1.66. The number of hydrogen-bond donors (Lipinski definition) is 1. The monoisotopic (exact) mass is 518 g/mol. The molecular weight excluding hydrogens is 503 g/mol. The lowest BCUT2D eigenvalue weighted by Crippen LogP contribution is -2.13. The second-order valence-corrected chi connectivity index (χ2v) is 8.07. The second-order valence-electron chi connectivity index (χ2n) is 6.42. The molecule has 0 saturated carbocycles. The van der Waals surface area contributed by atoms with Gasteiger partial charge >= 0.3 is 0 Å². The zero-order valence-corrected chi connectivity index (χ0v) is 18.5. The summed E-state index contributed by atoms with van der Waals surface area (Å²) in [6.07, 6.45) is 0. The summed E-state index contributed by atoms with van der Waals surface area (Å²) < 4.78 is 6.12. The van der Waals surface area contributed by atoms with Crippen LogP contribution in [-0.2, 0) is 0 Å². The van der Waals surface area contributed by atoms with Gasteiger partial charge in [0.05, 0.1) is 23.4 Å². The Morgan fingerprint density at radius 1 is 1.07 bits per heavy atom. The van der Waals surface area contributed by atoms with Crippen LogP contribution in [0.1, 0.15) is 15.9 Å². The van der Waals surface area contributed by atoms with Crippen LogP contribution in [0.2, 0.25) is 5.02 Å². The highest BCUT2D eigenvalue weighted by Crippen LogP contribution is 2.25. The molecule has 0 spiro atoms. The topological polar surface area (TPSA) is 69.0 Å². The van der Waals surface area contributed by atoms with Crippen molar-refractivity contribution in [2.24, 2.45) is 0 Å². The van der Waals surface area contributed by atoms with Crippen LogP contribution in [0.25, 0.3) is 16.7 Å². The van der Waals surface area contributed by atoms with Crippen molar-refractivity contribution < 1.29 is 9.53 Å². The average molecular weight is 519 g/mol. The van der Waals surface area contributed by atoms with Crippen molar-refractivity contribution in [2.45, 2.75) is 6.92 Å². The summed E-state index contributed by atoms with van der Waals surface area (Å²) in [5.41, 5.74) is 4.21. The van der Waals surface area contributed by atoms with Crippen LogP contribution in [0, 0.1) is 10.5 Å². The van der Waals surface area contributed by atoms with E-state index in [-0.39, 0.29) is 5.91 Å². The number of nitrogens with one attached hydrogen (secondary N) is 1. The summed E-state index contributed by atoms with van der Waals surface area (Å²) in [7, 11) is 1.62. The van der Waals surface area contributed by atoms with Gasteiger partial charge in [0, 0.05) is 9.26 Å². The van der Waals surface area contributed by atoms with Gasteiger partial charge in [-0.1, -0.05) is 11.6 Å². The standard InChI is InChI=1S/C21H16ClIN4O2/c1-12-9-19-20(26-27(25-19)14-4-6-15(29-2)7-5-14)11-18(12)24-21(28)16-10-13(23)3-8-17(16)22/h3-11H,1-2H3,(H,24,28). The van der Waals surface area contributed by atoms with E-state index in [2.05, 4.69) is 38.1 Å². The van der Waals surface area contributed by atoms with E-state index >= 15 is 0 Å². The van der Waals surface area contributed by atoms with E-state index in [1.807, 2.05) is 49.4 Å². The van der Waals surface area contributed by atoms with Gasteiger partial charge in [0.1, 0.15) is 16.8 Å². The predicted octanol–water partition coefficient (Wildman–Crippen LogP) is 5.25. The van der Waals surface area contributed by atoms with Gasteiger partial charge in [0.2, 0.25) is 0 Å². The number of benzene rings is 3. The third-order valence-corrected chi connectivity index (χ3v) is 5.45. The Labute approximate surface area is 186 Å². The van der Waals surface area contributed by atoms with E-state index in [1.54, 1.807) is 24.0 Å². The molecule has 0 fully saturated rings. The maximum Gasteiger partial charge on any atom is 0.257 e. The van der Waals surface area contributed by atoms with Gasteiger partial charge in [-0.2, -0.15) is 4.80 Å². The first-order valence-corrected chi connectivity index (χ1v) is 10.2. The highest BCUT2D eigenvalue weighted by Gasteiger charge is 2.14. The van der Waals surface area contributed by atoms with E-state index in [9.17, 15) is 4.79 Å². The summed E-state index contributed by atoms with van der Waals surface area (Å²) in [4.78, 5) is 14.3. The van der Waals surface area contributed by atoms with Gasteiger partial charge in [-0.3, -0.25) is 4.79 Å². The number of halogens is 2. The molecule has 6 nitrogen and oxygen atoms in total. The van der Waals surface area contributed by atoms with E-state index in [0.29, 0.717) is 21.8 Å². The molecule has 0 aliphatic rings. The molecule has 1 N–H and O–H groups in total. The normalized spacial score (nSPS) is 10.9. The summed E-state index contributed by atoms with van der Waals surface area (Å²) in [5.74, 6) is 0.499. The molecule has 0 bridgehead atoms. The number of nitrogens with zero attached hydrogens (tertiary/aromatic N) is 3. The molecule has 0 unspecified atom stereocenters. The van der Waals surface area contributed by atoms with Gasteiger partial charge in [-0.25, -0.2) is 0 Å². The number of hydrogen-bond acceptors (Lipinski definition) is 4. The van der Waals surface area contributed by atoms with Crippen LogP contribution in [-0.4, -0.2) is 28.0 Å². The number of fused-ring (bicyclic) bond motifs is 1. The molecule has 146 valence electrons. The minimum atomic E-state index is -0.265. The second kappa shape index (κ2) is 8.00. The van der Waals surface area contributed by atoms with Crippen molar-refractivity contribution in [3.63, 3.8) is 0 Å². The summed E-state index contributed by atoms with van der Waals surface area (Å²) in [6, 6.07) is 16.5. The minimum absolute atomic E-state index is 0.265. The molecule has 0 aliphatic carbocycles. The van der Waals surface area contributed by atoms with Crippen LogP contribution in [0.15, 0.2) is 54.6 Å². The molecule has 0 radical (unpaired) electrons. The first kappa shape index (κ1) is 19.7. The SMILES string of the molecule is COc1ccc(-n2nc3cc(C)c(NC(=O)c4cc(I)ccc4Cl)cc3n2)cc1. The fourth-order valence-electron chi connectivity index (χ4n) is 2.89. The lowest BCUT2D eigenvalue weighted by atomic mass is 10.1. The number of ether oxygens (including phenoxy) is 1. The lowest BCUT2D eigenvalue weighted by Gasteiger charge is -2.09. The van der Waals surface area contributed by atoms with Crippen molar-refractivity contribution in [2.75, 3.05) is 12.4 Å². The first-order chi connectivity index (χ1) is 13.9. The number of carbonyl (C=O) groups is 1. The van der Waals surface area contributed by atoms with Crippen molar-refractivity contribution in [1.29, 1.82) is 0 Å². The van der Waals surface area contributed by atoms with Gasteiger partial charge in [-0.05, 0) is 89.7 Å². The highest BCUT2D eigenvalue weighted by atomic mass is 127. The molecule has 0 saturated heterocycles. The van der Waals surface area contributed by atoms with E-state index in [4.69, 9.17) is 16.3 Å².